The topological polar surface area (TPSA) is 35.2 Å². The maximum atomic E-state index is 12.3. The van der Waals surface area contributed by atoms with Gasteiger partial charge in [-0.25, -0.2) is 0 Å². The quantitative estimate of drug-likeness (QED) is 0.556. The van der Waals surface area contributed by atoms with Gasteiger partial charge in [-0.1, -0.05) is 6.92 Å². The third-order valence-electron chi connectivity index (χ3n) is 2.09. The van der Waals surface area contributed by atoms with E-state index in [1.807, 2.05) is 6.92 Å². The minimum absolute atomic E-state index is 0.0632. The van der Waals surface area contributed by atoms with E-state index in [1.54, 1.807) is 0 Å². The Morgan fingerprint density at radius 1 is 1.19 bits per heavy atom. The summed E-state index contributed by atoms with van der Waals surface area (Å²) >= 11 is 0. The normalized spacial score (nSPS) is 15.2. The molecule has 16 heavy (non-hydrogen) atoms. The zero-order chi connectivity index (χ0) is 12.8. The van der Waals surface area contributed by atoms with Crippen LogP contribution in [0.3, 0.4) is 0 Å². The second-order valence-corrected chi connectivity index (χ2v) is 3.57. The molecule has 0 amide bonds. The van der Waals surface area contributed by atoms with E-state index in [1.165, 1.54) is 0 Å². The average Bonchev–Trinajstić information content (AvgIpc) is 2.15. The van der Waals surface area contributed by atoms with E-state index in [0.717, 1.165) is 6.42 Å². The second kappa shape index (κ2) is 6.34. The van der Waals surface area contributed by atoms with Gasteiger partial charge < -0.3 is 10.5 Å². The van der Waals surface area contributed by atoms with Crippen LogP contribution in [0.5, 0.6) is 0 Å². The van der Waals surface area contributed by atoms with E-state index in [4.69, 9.17) is 5.73 Å². The zero-order valence-electron chi connectivity index (χ0n) is 8.99. The first-order chi connectivity index (χ1) is 7.20. The summed E-state index contributed by atoms with van der Waals surface area (Å²) in [6.07, 6.45) is -3.89. The van der Waals surface area contributed by atoms with Crippen LogP contribution in [-0.4, -0.2) is 31.4 Å². The van der Waals surface area contributed by atoms with Gasteiger partial charge in [0.1, 0.15) is 6.61 Å². The number of rotatable bonds is 7. The van der Waals surface area contributed by atoms with Crippen molar-refractivity contribution in [3.63, 3.8) is 0 Å². The summed E-state index contributed by atoms with van der Waals surface area (Å²) in [7, 11) is 0. The fourth-order valence-corrected chi connectivity index (χ4v) is 0.934. The Morgan fingerprint density at radius 2 is 1.75 bits per heavy atom. The Labute approximate surface area is 90.9 Å². The van der Waals surface area contributed by atoms with Crippen molar-refractivity contribution in [1.82, 2.24) is 0 Å². The largest absolute Gasteiger partial charge is 0.455 e. The number of hydrogen-bond acceptors (Lipinski definition) is 2. The summed E-state index contributed by atoms with van der Waals surface area (Å²) in [6, 6.07) is -0.0632. The van der Waals surface area contributed by atoms with Gasteiger partial charge >= 0.3 is 12.1 Å². The Hall–Kier alpha value is -0.430. The van der Waals surface area contributed by atoms with Gasteiger partial charge in [-0.2, -0.15) is 22.0 Å². The van der Waals surface area contributed by atoms with Gasteiger partial charge in [0.05, 0.1) is 0 Å². The van der Waals surface area contributed by atoms with Crippen LogP contribution >= 0.6 is 0 Å². The van der Waals surface area contributed by atoms with Crippen LogP contribution in [0.4, 0.5) is 22.0 Å². The lowest BCUT2D eigenvalue weighted by Crippen LogP contribution is -2.40. The Bertz CT molecular complexity index is 195. The number of alkyl halides is 5. The molecular weight excluding hydrogens is 233 g/mol. The van der Waals surface area contributed by atoms with Crippen LogP contribution in [0.1, 0.15) is 26.2 Å². The number of ether oxygens (including phenoxy) is 1. The van der Waals surface area contributed by atoms with Gasteiger partial charge in [0.2, 0.25) is 0 Å². The molecule has 0 radical (unpaired) electrons. The maximum absolute atomic E-state index is 12.3. The Kier molecular flexibility index (Phi) is 6.17. The predicted octanol–water partition coefficient (Wildman–Crippen LogP) is 2.72. The molecule has 0 spiro atoms. The van der Waals surface area contributed by atoms with Gasteiger partial charge in [0.15, 0.2) is 0 Å². The van der Waals surface area contributed by atoms with E-state index in [2.05, 4.69) is 4.74 Å². The highest BCUT2D eigenvalue weighted by Crippen LogP contribution is 2.35. The van der Waals surface area contributed by atoms with Gasteiger partial charge in [-0.3, -0.25) is 0 Å². The molecule has 0 aliphatic rings. The van der Waals surface area contributed by atoms with Crippen molar-refractivity contribution in [1.29, 1.82) is 0 Å². The SMILES string of the molecule is CCC(N)CCCOCC(F)(F)C(F)(F)F. The average molecular weight is 249 g/mol. The molecule has 0 rings (SSSR count). The van der Waals surface area contributed by atoms with Crippen molar-refractivity contribution in [2.75, 3.05) is 13.2 Å². The van der Waals surface area contributed by atoms with Crippen LogP contribution in [0.2, 0.25) is 0 Å². The summed E-state index contributed by atoms with van der Waals surface area (Å²) in [5.74, 6) is -4.78. The molecule has 0 aromatic heterocycles. The highest BCUT2D eigenvalue weighted by atomic mass is 19.4. The monoisotopic (exact) mass is 249 g/mol. The zero-order valence-corrected chi connectivity index (χ0v) is 8.99. The molecule has 2 N–H and O–H groups in total. The van der Waals surface area contributed by atoms with Crippen LogP contribution in [-0.2, 0) is 4.74 Å². The minimum atomic E-state index is -5.55. The number of hydrogen-bond donors (Lipinski definition) is 1. The molecule has 2 nitrogen and oxygen atoms in total. The molecular formula is C9H16F5NO. The van der Waals surface area contributed by atoms with Gasteiger partial charge in [0, 0.05) is 12.6 Å². The van der Waals surface area contributed by atoms with E-state index >= 15 is 0 Å². The lowest BCUT2D eigenvalue weighted by Gasteiger charge is -2.19. The van der Waals surface area contributed by atoms with Gasteiger partial charge in [-0.05, 0) is 19.3 Å². The van der Waals surface area contributed by atoms with E-state index in [9.17, 15) is 22.0 Å². The highest BCUT2D eigenvalue weighted by molar-refractivity contribution is 4.74. The molecule has 0 heterocycles. The molecule has 0 aliphatic heterocycles. The Morgan fingerprint density at radius 3 is 2.19 bits per heavy atom. The van der Waals surface area contributed by atoms with Crippen molar-refractivity contribution < 1.29 is 26.7 Å². The van der Waals surface area contributed by atoms with Gasteiger partial charge in [0.25, 0.3) is 0 Å². The molecule has 0 aromatic carbocycles. The summed E-state index contributed by atoms with van der Waals surface area (Å²) in [6.45, 7) is 0.0978. The minimum Gasteiger partial charge on any atom is -0.375 e. The molecule has 0 bridgehead atoms. The summed E-state index contributed by atoms with van der Waals surface area (Å²) in [5.41, 5.74) is 5.53. The smallest absolute Gasteiger partial charge is 0.375 e. The lowest BCUT2D eigenvalue weighted by atomic mass is 10.1. The van der Waals surface area contributed by atoms with Crippen molar-refractivity contribution in [3.05, 3.63) is 0 Å². The molecule has 1 atom stereocenters. The fourth-order valence-electron chi connectivity index (χ4n) is 0.934. The second-order valence-electron chi connectivity index (χ2n) is 3.57. The van der Waals surface area contributed by atoms with Crippen molar-refractivity contribution in [2.24, 2.45) is 5.73 Å². The number of halogens is 5. The van der Waals surface area contributed by atoms with Crippen LogP contribution < -0.4 is 5.73 Å². The van der Waals surface area contributed by atoms with Crippen molar-refractivity contribution in [3.8, 4) is 0 Å². The van der Waals surface area contributed by atoms with Crippen molar-refractivity contribution >= 4 is 0 Å². The molecule has 0 aliphatic carbocycles. The van der Waals surface area contributed by atoms with Crippen LogP contribution in [0, 0.1) is 0 Å². The van der Waals surface area contributed by atoms with E-state index < -0.39 is 18.7 Å². The first-order valence-electron chi connectivity index (χ1n) is 4.98. The molecule has 0 fully saturated rings. The molecule has 0 aromatic rings. The van der Waals surface area contributed by atoms with E-state index in [0.29, 0.717) is 12.8 Å². The molecule has 98 valence electrons. The van der Waals surface area contributed by atoms with Crippen molar-refractivity contribution in [2.45, 2.75) is 44.3 Å². The van der Waals surface area contributed by atoms with Gasteiger partial charge in [-0.15, -0.1) is 0 Å². The third-order valence-corrected chi connectivity index (χ3v) is 2.09. The lowest BCUT2D eigenvalue weighted by molar-refractivity contribution is -0.296. The van der Waals surface area contributed by atoms with Crippen LogP contribution in [0.25, 0.3) is 0 Å². The molecule has 0 saturated carbocycles. The van der Waals surface area contributed by atoms with E-state index in [-0.39, 0.29) is 12.6 Å². The highest BCUT2D eigenvalue weighted by Gasteiger charge is 2.57. The Balaban J connectivity index is 3.67. The summed E-state index contributed by atoms with van der Waals surface area (Å²) in [5, 5.41) is 0. The third kappa shape index (κ3) is 5.60. The fraction of sp³-hybridized carbons (Fsp3) is 1.00. The predicted molar refractivity (Wildman–Crippen MR) is 49.3 cm³/mol. The summed E-state index contributed by atoms with van der Waals surface area (Å²) in [4.78, 5) is 0. The molecule has 7 heteroatoms. The first-order valence-corrected chi connectivity index (χ1v) is 4.98. The standard InChI is InChI=1S/C9H16F5NO/c1-2-7(15)4-3-5-16-6-8(10,11)9(12,13)14/h7H,2-6,15H2,1H3. The summed E-state index contributed by atoms with van der Waals surface area (Å²) < 4.78 is 63.9. The molecule has 1 unspecified atom stereocenters. The first kappa shape index (κ1) is 15.6. The maximum Gasteiger partial charge on any atom is 0.455 e. The van der Waals surface area contributed by atoms with Crippen LogP contribution in [0.15, 0.2) is 0 Å². The molecule has 0 saturated heterocycles. The number of nitrogens with two attached hydrogens (primary N) is 1.